The van der Waals surface area contributed by atoms with Crippen LogP contribution in [0.3, 0.4) is 0 Å². The van der Waals surface area contributed by atoms with E-state index >= 15 is 0 Å². The van der Waals surface area contributed by atoms with E-state index in [1.807, 2.05) is 6.07 Å². The Kier molecular flexibility index (Phi) is 1.83. The summed E-state index contributed by atoms with van der Waals surface area (Å²) in [5.41, 5.74) is 4.20. The average molecular weight is 203 g/mol. The van der Waals surface area contributed by atoms with Gasteiger partial charge in [-0.15, -0.1) is 0 Å². The number of hydrogen-bond donors (Lipinski definition) is 2. The highest BCUT2D eigenvalue weighted by Gasteiger charge is 2.31. The zero-order valence-corrected chi connectivity index (χ0v) is 8.42. The Hall–Kier alpha value is -1.35. The second kappa shape index (κ2) is 3.07. The van der Waals surface area contributed by atoms with Gasteiger partial charge in [-0.2, -0.15) is 0 Å². The van der Waals surface area contributed by atoms with Crippen molar-refractivity contribution in [2.45, 2.75) is 31.8 Å². The quantitative estimate of drug-likeness (QED) is 0.672. The van der Waals surface area contributed by atoms with Gasteiger partial charge in [0.25, 0.3) is 5.91 Å². The van der Waals surface area contributed by atoms with Crippen LogP contribution < -0.4 is 5.32 Å². The highest BCUT2D eigenvalue weighted by Crippen LogP contribution is 2.38. The number of hydrogen-bond acceptors (Lipinski definition) is 2. The molecule has 3 heteroatoms. The van der Waals surface area contributed by atoms with Crippen molar-refractivity contribution in [2.75, 3.05) is 5.32 Å². The standard InChI is InChI=1S/C12H13NO2/c14-11-9-6-5-7-3-1-2-4-8(7)10(9)13-12(11)15/h5-6,11,14H,1-4H2,(H,13,15). The van der Waals surface area contributed by atoms with Crippen LogP contribution in [0, 0.1) is 0 Å². The number of nitrogens with one attached hydrogen (secondary N) is 1. The Morgan fingerprint density at radius 3 is 2.93 bits per heavy atom. The fourth-order valence-corrected chi connectivity index (χ4v) is 2.55. The fourth-order valence-electron chi connectivity index (χ4n) is 2.55. The summed E-state index contributed by atoms with van der Waals surface area (Å²) in [6.07, 6.45) is 3.55. The molecule has 1 aromatic carbocycles. The van der Waals surface area contributed by atoms with Gasteiger partial charge in [0.05, 0.1) is 5.69 Å². The third-order valence-electron chi connectivity index (χ3n) is 3.36. The van der Waals surface area contributed by atoms with Crippen molar-refractivity contribution in [2.24, 2.45) is 0 Å². The number of amides is 1. The Bertz CT molecular complexity index is 439. The predicted molar refractivity (Wildman–Crippen MR) is 56.7 cm³/mol. The number of aliphatic hydroxyl groups excluding tert-OH is 1. The normalized spacial score (nSPS) is 23.3. The van der Waals surface area contributed by atoms with E-state index in [0.29, 0.717) is 0 Å². The minimum atomic E-state index is -0.966. The van der Waals surface area contributed by atoms with Gasteiger partial charge < -0.3 is 10.4 Å². The summed E-state index contributed by atoms with van der Waals surface area (Å²) >= 11 is 0. The zero-order chi connectivity index (χ0) is 10.4. The first-order chi connectivity index (χ1) is 7.27. The smallest absolute Gasteiger partial charge is 0.257 e. The molecule has 0 fully saturated rings. The molecule has 1 unspecified atom stereocenters. The van der Waals surface area contributed by atoms with Crippen LogP contribution >= 0.6 is 0 Å². The van der Waals surface area contributed by atoms with E-state index in [2.05, 4.69) is 11.4 Å². The number of aliphatic hydroxyl groups is 1. The van der Waals surface area contributed by atoms with Gasteiger partial charge in [-0.3, -0.25) is 4.79 Å². The molecule has 78 valence electrons. The van der Waals surface area contributed by atoms with Gasteiger partial charge in [0.2, 0.25) is 0 Å². The van der Waals surface area contributed by atoms with Gasteiger partial charge in [0.1, 0.15) is 0 Å². The second-order valence-corrected chi connectivity index (χ2v) is 4.27. The molecule has 1 aliphatic heterocycles. The molecule has 3 rings (SSSR count). The SMILES string of the molecule is O=C1Nc2c(ccc3c2CCCC3)C1O. The summed E-state index contributed by atoms with van der Waals surface area (Å²) in [6.45, 7) is 0. The monoisotopic (exact) mass is 203 g/mol. The number of anilines is 1. The highest BCUT2D eigenvalue weighted by atomic mass is 16.3. The van der Waals surface area contributed by atoms with E-state index in [1.54, 1.807) is 0 Å². The van der Waals surface area contributed by atoms with Gasteiger partial charge in [-0.05, 0) is 36.8 Å². The molecule has 1 aliphatic carbocycles. The van der Waals surface area contributed by atoms with E-state index < -0.39 is 6.10 Å². The Labute approximate surface area is 88.1 Å². The van der Waals surface area contributed by atoms with Crippen LogP contribution in [-0.4, -0.2) is 11.0 Å². The van der Waals surface area contributed by atoms with Crippen molar-refractivity contribution in [1.29, 1.82) is 0 Å². The van der Waals surface area contributed by atoms with Crippen molar-refractivity contribution in [1.82, 2.24) is 0 Å². The minimum absolute atomic E-state index is 0.288. The molecule has 0 saturated heterocycles. The molecule has 0 saturated carbocycles. The number of benzene rings is 1. The van der Waals surface area contributed by atoms with E-state index in [4.69, 9.17) is 0 Å². The average Bonchev–Trinajstić information content (AvgIpc) is 2.56. The first-order valence-corrected chi connectivity index (χ1v) is 5.41. The van der Waals surface area contributed by atoms with Gasteiger partial charge in [-0.25, -0.2) is 0 Å². The third-order valence-corrected chi connectivity index (χ3v) is 3.36. The molecular formula is C12H13NO2. The Morgan fingerprint density at radius 1 is 1.27 bits per heavy atom. The number of carbonyl (C=O) groups excluding carboxylic acids is 1. The first kappa shape index (κ1) is 8.92. The topological polar surface area (TPSA) is 49.3 Å². The molecule has 2 N–H and O–H groups in total. The van der Waals surface area contributed by atoms with E-state index in [-0.39, 0.29) is 5.91 Å². The van der Waals surface area contributed by atoms with E-state index in [0.717, 1.165) is 24.1 Å². The lowest BCUT2D eigenvalue weighted by Crippen LogP contribution is -2.11. The maximum Gasteiger partial charge on any atom is 0.257 e. The number of fused-ring (bicyclic) bond motifs is 3. The third kappa shape index (κ3) is 1.20. The van der Waals surface area contributed by atoms with Crippen molar-refractivity contribution in [3.63, 3.8) is 0 Å². The molecule has 0 bridgehead atoms. The molecule has 0 aromatic heterocycles. The Morgan fingerprint density at radius 2 is 2.07 bits per heavy atom. The van der Waals surface area contributed by atoms with Crippen molar-refractivity contribution in [3.8, 4) is 0 Å². The summed E-state index contributed by atoms with van der Waals surface area (Å²) in [4.78, 5) is 11.4. The van der Waals surface area contributed by atoms with Crippen LogP contribution in [0.1, 0.15) is 35.6 Å². The highest BCUT2D eigenvalue weighted by molar-refractivity contribution is 6.02. The summed E-state index contributed by atoms with van der Waals surface area (Å²) in [5, 5.41) is 12.4. The van der Waals surface area contributed by atoms with E-state index in [1.165, 1.54) is 24.0 Å². The molecule has 1 amide bonds. The van der Waals surface area contributed by atoms with E-state index in [9.17, 15) is 9.90 Å². The molecule has 1 atom stereocenters. The zero-order valence-electron chi connectivity index (χ0n) is 8.42. The maximum absolute atomic E-state index is 11.4. The number of aryl methyl sites for hydroxylation is 1. The molecule has 15 heavy (non-hydrogen) atoms. The largest absolute Gasteiger partial charge is 0.378 e. The second-order valence-electron chi connectivity index (χ2n) is 4.27. The van der Waals surface area contributed by atoms with Crippen LogP contribution in [-0.2, 0) is 17.6 Å². The minimum Gasteiger partial charge on any atom is -0.378 e. The lowest BCUT2D eigenvalue weighted by Gasteiger charge is -2.18. The number of rotatable bonds is 0. The molecule has 2 aliphatic rings. The molecule has 1 aromatic rings. The number of carbonyl (C=O) groups is 1. The summed E-state index contributed by atoms with van der Waals surface area (Å²) in [5.74, 6) is -0.288. The lowest BCUT2D eigenvalue weighted by atomic mass is 9.88. The maximum atomic E-state index is 11.4. The lowest BCUT2D eigenvalue weighted by molar-refractivity contribution is -0.123. The summed E-state index contributed by atoms with van der Waals surface area (Å²) in [7, 11) is 0. The molecule has 0 spiro atoms. The van der Waals surface area contributed by atoms with Crippen molar-refractivity contribution in [3.05, 3.63) is 28.8 Å². The first-order valence-electron chi connectivity index (χ1n) is 5.41. The molecule has 0 radical (unpaired) electrons. The van der Waals surface area contributed by atoms with Crippen LogP contribution in [0.4, 0.5) is 5.69 Å². The summed E-state index contributed by atoms with van der Waals surface area (Å²) in [6, 6.07) is 3.93. The predicted octanol–water partition coefficient (Wildman–Crippen LogP) is 1.55. The van der Waals surface area contributed by atoms with Gasteiger partial charge in [0.15, 0.2) is 6.10 Å². The van der Waals surface area contributed by atoms with Gasteiger partial charge in [0, 0.05) is 5.56 Å². The summed E-state index contributed by atoms with van der Waals surface area (Å²) < 4.78 is 0. The van der Waals surface area contributed by atoms with Crippen LogP contribution in [0.15, 0.2) is 12.1 Å². The van der Waals surface area contributed by atoms with Crippen LogP contribution in [0.5, 0.6) is 0 Å². The van der Waals surface area contributed by atoms with Crippen LogP contribution in [0.25, 0.3) is 0 Å². The van der Waals surface area contributed by atoms with Crippen molar-refractivity contribution < 1.29 is 9.90 Å². The molecular weight excluding hydrogens is 190 g/mol. The molecule has 1 heterocycles. The van der Waals surface area contributed by atoms with Crippen molar-refractivity contribution >= 4 is 11.6 Å². The van der Waals surface area contributed by atoms with Crippen LogP contribution in [0.2, 0.25) is 0 Å². The molecule has 3 nitrogen and oxygen atoms in total. The Balaban J connectivity index is 2.17. The van der Waals surface area contributed by atoms with Gasteiger partial charge in [-0.1, -0.05) is 12.1 Å². The fraction of sp³-hybridized carbons (Fsp3) is 0.417. The van der Waals surface area contributed by atoms with Gasteiger partial charge >= 0.3 is 0 Å².